The number of aryl methyl sites for hydroxylation is 2. The van der Waals surface area contributed by atoms with Gasteiger partial charge in [-0.15, -0.1) is 0 Å². The van der Waals surface area contributed by atoms with Crippen LogP contribution in [-0.4, -0.2) is 20.3 Å². The lowest BCUT2D eigenvalue weighted by Gasteiger charge is -2.14. The Morgan fingerprint density at radius 1 is 0.839 bits per heavy atom. The van der Waals surface area contributed by atoms with Gasteiger partial charge in [0.25, 0.3) is 0 Å². The molecule has 4 rings (SSSR count). The van der Waals surface area contributed by atoms with Crippen LogP contribution in [0.2, 0.25) is 0 Å². The summed E-state index contributed by atoms with van der Waals surface area (Å²) in [4.78, 5) is 13.4. The molecule has 3 aromatic carbocycles. The molecule has 0 atom stereocenters. The zero-order valence-electron chi connectivity index (χ0n) is 17.8. The standard InChI is InChI=1S/C26H24O5/c1-17-15-18(2)23-22(16-17)31-25(19-9-11-20(28-3)12-10-19)26(24(23)27)30-14-13-29-21-7-5-4-6-8-21/h4-12,15-16H,13-14H2,1-3H3. The Hall–Kier alpha value is -3.73. The highest BCUT2D eigenvalue weighted by Gasteiger charge is 2.19. The molecule has 4 aromatic rings. The van der Waals surface area contributed by atoms with Crippen LogP contribution in [0.5, 0.6) is 17.2 Å². The van der Waals surface area contributed by atoms with Crippen LogP contribution in [0.25, 0.3) is 22.3 Å². The maximum absolute atomic E-state index is 13.4. The van der Waals surface area contributed by atoms with Crippen LogP contribution in [0.3, 0.4) is 0 Å². The molecule has 0 N–H and O–H groups in total. The van der Waals surface area contributed by atoms with Crippen molar-refractivity contribution in [1.82, 2.24) is 0 Å². The number of benzene rings is 3. The Balaban J connectivity index is 1.71. The first-order valence-corrected chi connectivity index (χ1v) is 10.1. The van der Waals surface area contributed by atoms with Gasteiger partial charge in [-0.1, -0.05) is 24.3 Å². The number of hydrogen-bond donors (Lipinski definition) is 0. The van der Waals surface area contributed by atoms with Gasteiger partial charge in [0.15, 0.2) is 5.76 Å². The van der Waals surface area contributed by atoms with Crippen molar-refractivity contribution in [2.45, 2.75) is 13.8 Å². The minimum Gasteiger partial charge on any atom is -0.497 e. The van der Waals surface area contributed by atoms with E-state index in [0.717, 1.165) is 28.2 Å². The molecule has 31 heavy (non-hydrogen) atoms. The molecule has 0 saturated heterocycles. The Morgan fingerprint density at radius 2 is 1.55 bits per heavy atom. The van der Waals surface area contributed by atoms with E-state index in [-0.39, 0.29) is 17.8 Å². The third kappa shape index (κ3) is 4.40. The molecule has 5 heteroatoms. The number of methoxy groups -OCH3 is 1. The van der Waals surface area contributed by atoms with Gasteiger partial charge in [0.05, 0.1) is 12.5 Å². The maximum Gasteiger partial charge on any atom is 0.235 e. The first kappa shape index (κ1) is 20.5. The van der Waals surface area contributed by atoms with Gasteiger partial charge in [-0.3, -0.25) is 4.79 Å². The van der Waals surface area contributed by atoms with Gasteiger partial charge in [-0.2, -0.15) is 0 Å². The molecule has 0 amide bonds. The normalized spacial score (nSPS) is 10.8. The summed E-state index contributed by atoms with van der Waals surface area (Å²) in [6.45, 7) is 4.39. The second-order valence-corrected chi connectivity index (χ2v) is 7.28. The monoisotopic (exact) mass is 416 g/mol. The van der Waals surface area contributed by atoms with Crippen molar-refractivity contribution >= 4 is 11.0 Å². The van der Waals surface area contributed by atoms with E-state index in [1.807, 2.05) is 80.6 Å². The molecule has 0 unspecified atom stereocenters. The highest BCUT2D eigenvalue weighted by atomic mass is 16.5. The van der Waals surface area contributed by atoms with Gasteiger partial charge in [-0.25, -0.2) is 0 Å². The number of ether oxygens (including phenoxy) is 3. The Morgan fingerprint density at radius 3 is 2.26 bits per heavy atom. The first-order chi connectivity index (χ1) is 15.1. The van der Waals surface area contributed by atoms with Crippen molar-refractivity contribution in [2.75, 3.05) is 20.3 Å². The summed E-state index contributed by atoms with van der Waals surface area (Å²) < 4.78 is 23.1. The van der Waals surface area contributed by atoms with Crippen molar-refractivity contribution in [1.29, 1.82) is 0 Å². The lowest BCUT2D eigenvalue weighted by molar-refractivity contribution is 0.214. The van der Waals surface area contributed by atoms with Crippen molar-refractivity contribution in [3.8, 4) is 28.6 Å². The molecule has 1 heterocycles. The summed E-state index contributed by atoms with van der Waals surface area (Å²) in [5, 5.41) is 0.529. The second kappa shape index (κ2) is 8.96. The quantitative estimate of drug-likeness (QED) is 0.370. The van der Waals surface area contributed by atoms with Gasteiger partial charge in [0.1, 0.15) is 30.3 Å². The van der Waals surface area contributed by atoms with E-state index < -0.39 is 0 Å². The smallest absolute Gasteiger partial charge is 0.235 e. The minimum atomic E-state index is -0.190. The van der Waals surface area contributed by atoms with Crippen molar-refractivity contribution < 1.29 is 18.6 Å². The third-order valence-electron chi connectivity index (χ3n) is 4.99. The van der Waals surface area contributed by atoms with E-state index in [9.17, 15) is 4.79 Å². The van der Waals surface area contributed by atoms with Gasteiger partial charge in [0.2, 0.25) is 11.2 Å². The molecular weight excluding hydrogens is 392 g/mol. The van der Waals surface area contributed by atoms with Crippen LogP contribution in [0.4, 0.5) is 0 Å². The number of rotatable bonds is 7. The summed E-state index contributed by atoms with van der Waals surface area (Å²) in [7, 11) is 1.61. The van der Waals surface area contributed by atoms with E-state index in [2.05, 4.69) is 0 Å². The number of para-hydroxylation sites is 1. The van der Waals surface area contributed by atoms with Crippen molar-refractivity contribution in [3.63, 3.8) is 0 Å². The molecule has 0 spiro atoms. The van der Waals surface area contributed by atoms with Gasteiger partial charge in [-0.05, 0) is 67.4 Å². The predicted molar refractivity (Wildman–Crippen MR) is 121 cm³/mol. The van der Waals surface area contributed by atoms with Crippen molar-refractivity contribution in [2.24, 2.45) is 0 Å². The highest BCUT2D eigenvalue weighted by Crippen LogP contribution is 2.33. The Kier molecular flexibility index (Phi) is 5.94. The fourth-order valence-corrected chi connectivity index (χ4v) is 3.56. The summed E-state index contributed by atoms with van der Waals surface area (Å²) in [5.41, 5.74) is 2.97. The Bertz CT molecular complexity index is 1240. The minimum absolute atomic E-state index is 0.182. The van der Waals surface area contributed by atoms with Crippen LogP contribution in [-0.2, 0) is 0 Å². The summed E-state index contributed by atoms with van der Waals surface area (Å²) >= 11 is 0. The van der Waals surface area contributed by atoms with Crippen LogP contribution < -0.4 is 19.6 Å². The largest absolute Gasteiger partial charge is 0.497 e. The Labute approximate surface area is 180 Å². The predicted octanol–water partition coefficient (Wildman–Crippen LogP) is 5.54. The molecule has 1 aromatic heterocycles. The fraction of sp³-hybridized carbons (Fsp3) is 0.192. The number of hydrogen-bond acceptors (Lipinski definition) is 5. The number of fused-ring (bicyclic) bond motifs is 1. The highest BCUT2D eigenvalue weighted by molar-refractivity contribution is 5.85. The van der Waals surface area contributed by atoms with E-state index in [1.54, 1.807) is 7.11 Å². The summed E-state index contributed by atoms with van der Waals surface area (Å²) in [6, 6.07) is 20.7. The van der Waals surface area contributed by atoms with Crippen LogP contribution in [0, 0.1) is 13.8 Å². The van der Waals surface area contributed by atoms with E-state index in [4.69, 9.17) is 18.6 Å². The van der Waals surface area contributed by atoms with Crippen LogP contribution >= 0.6 is 0 Å². The van der Waals surface area contributed by atoms with Gasteiger partial charge in [0, 0.05) is 5.56 Å². The van der Waals surface area contributed by atoms with Crippen LogP contribution in [0.1, 0.15) is 11.1 Å². The van der Waals surface area contributed by atoms with E-state index in [1.165, 1.54) is 0 Å². The van der Waals surface area contributed by atoms with Gasteiger partial charge < -0.3 is 18.6 Å². The average Bonchev–Trinajstić information content (AvgIpc) is 2.78. The third-order valence-corrected chi connectivity index (χ3v) is 4.99. The molecular formula is C26H24O5. The van der Waals surface area contributed by atoms with Gasteiger partial charge >= 0.3 is 0 Å². The summed E-state index contributed by atoms with van der Waals surface area (Å²) in [5.74, 6) is 2.04. The average molecular weight is 416 g/mol. The molecule has 0 aliphatic rings. The lowest BCUT2D eigenvalue weighted by atomic mass is 10.0. The fourth-order valence-electron chi connectivity index (χ4n) is 3.56. The molecule has 0 fully saturated rings. The lowest BCUT2D eigenvalue weighted by Crippen LogP contribution is -2.16. The second-order valence-electron chi connectivity index (χ2n) is 7.28. The molecule has 0 aliphatic carbocycles. The first-order valence-electron chi connectivity index (χ1n) is 10.1. The van der Waals surface area contributed by atoms with E-state index in [0.29, 0.717) is 23.3 Å². The summed E-state index contributed by atoms with van der Waals surface area (Å²) in [6.07, 6.45) is 0. The molecule has 158 valence electrons. The van der Waals surface area contributed by atoms with Crippen molar-refractivity contribution in [3.05, 3.63) is 88.1 Å². The maximum atomic E-state index is 13.4. The van der Waals surface area contributed by atoms with Crippen LogP contribution in [0.15, 0.2) is 75.9 Å². The molecule has 5 nitrogen and oxygen atoms in total. The SMILES string of the molecule is COc1ccc(-c2oc3cc(C)cc(C)c3c(=O)c2OCCOc2ccccc2)cc1. The topological polar surface area (TPSA) is 57.9 Å². The zero-order valence-corrected chi connectivity index (χ0v) is 17.8. The molecule has 0 bridgehead atoms. The molecule has 0 aliphatic heterocycles. The van der Waals surface area contributed by atoms with E-state index >= 15 is 0 Å². The zero-order chi connectivity index (χ0) is 21.8. The molecule has 0 saturated carbocycles. The molecule has 0 radical (unpaired) electrons.